The fourth-order valence-corrected chi connectivity index (χ4v) is 6.64. The number of anilines is 1. The van der Waals surface area contributed by atoms with Crippen LogP contribution in [-0.2, 0) is 16.1 Å². The van der Waals surface area contributed by atoms with Gasteiger partial charge in [0.15, 0.2) is 5.69 Å². The second-order valence-electron chi connectivity index (χ2n) is 10.7. The Morgan fingerprint density at radius 2 is 1.82 bits per heavy atom. The molecule has 4 heterocycles. The number of nitrogens with one attached hydrogen (secondary N) is 1. The van der Waals surface area contributed by atoms with Gasteiger partial charge in [-0.25, -0.2) is 9.37 Å². The maximum atomic E-state index is 14.8. The molecule has 45 heavy (non-hydrogen) atoms. The molecule has 1 fully saturated rings. The molecule has 3 aromatic heterocycles. The van der Waals surface area contributed by atoms with E-state index in [0.29, 0.717) is 16.6 Å². The first-order chi connectivity index (χ1) is 21.9. The summed E-state index contributed by atoms with van der Waals surface area (Å²) in [5.41, 5.74) is 9.73. The van der Waals surface area contributed by atoms with Crippen LogP contribution in [0.3, 0.4) is 0 Å². The average Bonchev–Trinajstić information content (AvgIpc) is 3.76. The van der Waals surface area contributed by atoms with Crippen LogP contribution < -0.4 is 11.1 Å². The Kier molecular flexibility index (Phi) is 7.22. The zero-order valence-electron chi connectivity index (χ0n) is 23.6. The lowest BCUT2D eigenvalue weighted by Gasteiger charge is -2.24. The van der Waals surface area contributed by atoms with Crippen LogP contribution in [0.4, 0.5) is 10.1 Å². The summed E-state index contributed by atoms with van der Waals surface area (Å²) in [5.74, 6) is -1.78. The standard InChI is InChI=1S/C32H25FN8O3S/c33-20-14-26(31(44)37-23-6-2-1-5-21(23)32-38-24-7-3-4-8-27(24)45-32)40(16-20)28(42)17-41-25-10-9-18(19-11-12-35-36-15-19)13-22(25)29(39-41)30(34)43/h1-13,15,20,26H,14,16-17H2,(H2,34,43)(H,37,44). The van der Waals surface area contributed by atoms with Gasteiger partial charge in [0.05, 0.1) is 40.4 Å². The van der Waals surface area contributed by atoms with Crippen LogP contribution in [0.2, 0.25) is 0 Å². The van der Waals surface area contributed by atoms with Gasteiger partial charge in [0.1, 0.15) is 23.8 Å². The van der Waals surface area contributed by atoms with Gasteiger partial charge in [-0.3, -0.25) is 19.1 Å². The smallest absolute Gasteiger partial charge is 0.269 e. The second-order valence-corrected chi connectivity index (χ2v) is 11.7. The lowest BCUT2D eigenvalue weighted by Crippen LogP contribution is -2.44. The Balaban J connectivity index is 1.14. The van der Waals surface area contributed by atoms with Crippen molar-refractivity contribution in [2.24, 2.45) is 5.73 Å². The molecule has 7 rings (SSSR count). The maximum absolute atomic E-state index is 14.8. The third-order valence-corrected chi connectivity index (χ3v) is 8.84. The topological polar surface area (TPSA) is 149 Å². The number of nitrogens with zero attached hydrogens (tertiary/aromatic N) is 6. The Labute approximate surface area is 259 Å². The predicted octanol–water partition coefficient (Wildman–Crippen LogP) is 4.45. The number of primary amides is 1. The van der Waals surface area contributed by atoms with Gasteiger partial charge in [0, 0.05) is 22.9 Å². The predicted molar refractivity (Wildman–Crippen MR) is 168 cm³/mol. The Bertz CT molecular complexity index is 2060. The molecule has 0 spiro atoms. The first kappa shape index (κ1) is 28.2. The number of alkyl halides is 1. The van der Waals surface area contributed by atoms with Gasteiger partial charge < -0.3 is 16.0 Å². The van der Waals surface area contributed by atoms with Crippen molar-refractivity contribution >= 4 is 55.9 Å². The van der Waals surface area contributed by atoms with Gasteiger partial charge in [0.2, 0.25) is 11.8 Å². The summed E-state index contributed by atoms with van der Waals surface area (Å²) in [6.07, 6.45) is 1.62. The van der Waals surface area contributed by atoms with E-state index in [1.807, 2.05) is 36.4 Å². The zero-order valence-corrected chi connectivity index (χ0v) is 24.4. The number of thiazole rings is 1. The fourth-order valence-electron chi connectivity index (χ4n) is 5.63. The summed E-state index contributed by atoms with van der Waals surface area (Å²) in [4.78, 5) is 45.4. The van der Waals surface area contributed by atoms with E-state index in [1.54, 1.807) is 48.8 Å². The molecule has 1 saturated heterocycles. The molecule has 2 atom stereocenters. The van der Waals surface area contributed by atoms with Crippen LogP contribution in [0, 0.1) is 0 Å². The van der Waals surface area contributed by atoms with Crippen molar-refractivity contribution in [2.75, 3.05) is 11.9 Å². The van der Waals surface area contributed by atoms with Crippen molar-refractivity contribution in [2.45, 2.75) is 25.2 Å². The third-order valence-electron chi connectivity index (χ3n) is 7.77. The van der Waals surface area contributed by atoms with Crippen molar-refractivity contribution in [1.82, 2.24) is 29.9 Å². The van der Waals surface area contributed by atoms with E-state index in [0.717, 1.165) is 31.9 Å². The number of hydrogen-bond donors (Lipinski definition) is 2. The summed E-state index contributed by atoms with van der Waals surface area (Å²) in [6.45, 7) is -0.559. The minimum Gasteiger partial charge on any atom is -0.364 e. The molecule has 224 valence electrons. The van der Waals surface area contributed by atoms with Crippen LogP contribution >= 0.6 is 11.3 Å². The first-order valence-corrected chi connectivity index (χ1v) is 14.9. The number of carbonyl (C=O) groups excluding carboxylic acids is 3. The van der Waals surface area contributed by atoms with E-state index in [1.165, 1.54) is 20.9 Å². The van der Waals surface area contributed by atoms with Crippen LogP contribution in [0.15, 0.2) is 85.2 Å². The van der Waals surface area contributed by atoms with E-state index in [9.17, 15) is 18.8 Å². The quantitative estimate of drug-likeness (QED) is 0.268. The number of nitrogens with two attached hydrogens (primary N) is 1. The highest BCUT2D eigenvalue weighted by Gasteiger charge is 2.40. The van der Waals surface area contributed by atoms with E-state index in [2.05, 4.69) is 20.6 Å². The number of carbonyl (C=O) groups is 3. The van der Waals surface area contributed by atoms with Gasteiger partial charge in [-0.2, -0.15) is 15.3 Å². The monoisotopic (exact) mass is 620 g/mol. The average molecular weight is 621 g/mol. The number of benzene rings is 3. The molecule has 13 heteroatoms. The molecule has 0 bridgehead atoms. The fraction of sp³-hybridized carbons (Fsp3) is 0.156. The Morgan fingerprint density at radius 1 is 1.00 bits per heavy atom. The molecule has 2 unspecified atom stereocenters. The van der Waals surface area contributed by atoms with Crippen molar-refractivity contribution < 1.29 is 18.8 Å². The summed E-state index contributed by atoms with van der Waals surface area (Å²) in [7, 11) is 0. The Hall–Kier alpha value is -5.56. The zero-order chi connectivity index (χ0) is 31.1. The molecular formula is C32H25FN8O3S. The van der Waals surface area contributed by atoms with Crippen LogP contribution in [0.5, 0.6) is 0 Å². The number of amides is 3. The highest BCUT2D eigenvalue weighted by atomic mass is 32.1. The number of halogens is 1. The van der Waals surface area contributed by atoms with E-state index < -0.39 is 29.9 Å². The molecule has 0 saturated carbocycles. The number of aromatic nitrogens is 5. The van der Waals surface area contributed by atoms with Gasteiger partial charge in [-0.15, -0.1) is 11.3 Å². The summed E-state index contributed by atoms with van der Waals surface area (Å²) < 4.78 is 17.1. The lowest BCUT2D eigenvalue weighted by molar-refractivity contribution is -0.137. The van der Waals surface area contributed by atoms with Gasteiger partial charge >= 0.3 is 0 Å². The molecule has 3 amide bonds. The molecule has 0 aliphatic carbocycles. The molecular weight excluding hydrogens is 595 g/mol. The largest absolute Gasteiger partial charge is 0.364 e. The van der Waals surface area contributed by atoms with E-state index >= 15 is 0 Å². The van der Waals surface area contributed by atoms with E-state index in [4.69, 9.17) is 10.7 Å². The maximum Gasteiger partial charge on any atom is 0.269 e. The molecule has 6 aromatic rings. The third kappa shape index (κ3) is 5.38. The van der Waals surface area contributed by atoms with Gasteiger partial charge in [-0.1, -0.05) is 30.3 Å². The summed E-state index contributed by atoms with van der Waals surface area (Å²) in [5, 5.41) is 16.1. The first-order valence-electron chi connectivity index (χ1n) is 14.1. The number of fused-ring (bicyclic) bond motifs is 2. The molecule has 1 aliphatic heterocycles. The van der Waals surface area contributed by atoms with Crippen molar-refractivity contribution in [3.63, 3.8) is 0 Å². The SMILES string of the molecule is NC(=O)c1nn(CC(=O)N2CC(F)CC2C(=O)Nc2ccccc2-c2nc3ccccc3s2)c2ccc(-c3ccnnc3)cc12. The van der Waals surface area contributed by atoms with Gasteiger partial charge in [-0.05, 0) is 48.0 Å². The number of hydrogen-bond acceptors (Lipinski definition) is 8. The molecule has 1 aliphatic rings. The minimum absolute atomic E-state index is 0.00722. The van der Waals surface area contributed by atoms with Gasteiger partial charge in [0.25, 0.3) is 5.91 Å². The van der Waals surface area contributed by atoms with Crippen molar-refractivity contribution in [3.8, 4) is 21.7 Å². The number of para-hydroxylation sites is 2. The minimum atomic E-state index is -1.38. The summed E-state index contributed by atoms with van der Waals surface area (Å²) in [6, 6.07) is 21.0. The highest BCUT2D eigenvalue weighted by molar-refractivity contribution is 7.21. The van der Waals surface area contributed by atoms with E-state index in [-0.39, 0.29) is 25.2 Å². The van der Waals surface area contributed by atoms with Crippen LogP contribution in [0.25, 0.3) is 42.8 Å². The summed E-state index contributed by atoms with van der Waals surface area (Å²) >= 11 is 1.50. The number of likely N-dealkylation sites (tertiary alicyclic amines) is 1. The molecule has 3 aromatic carbocycles. The van der Waals surface area contributed by atoms with Crippen molar-refractivity contribution in [3.05, 3.63) is 90.9 Å². The van der Waals surface area contributed by atoms with Crippen LogP contribution in [-0.4, -0.2) is 66.3 Å². The van der Waals surface area contributed by atoms with Crippen LogP contribution in [0.1, 0.15) is 16.9 Å². The number of rotatable bonds is 7. The molecule has 0 radical (unpaired) electrons. The highest BCUT2D eigenvalue weighted by Crippen LogP contribution is 2.35. The lowest BCUT2D eigenvalue weighted by atomic mass is 10.0. The molecule has 11 nitrogen and oxygen atoms in total. The van der Waals surface area contributed by atoms with Crippen molar-refractivity contribution in [1.29, 1.82) is 0 Å². The molecule has 3 N–H and O–H groups in total. The normalized spacial score (nSPS) is 16.3. The Morgan fingerprint density at radius 3 is 2.62 bits per heavy atom. The second kappa shape index (κ2) is 11.5.